The predicted octanol–water partition coefficient (Wildman–Crippen LogP) is 5.58. The first-order chi connectivity index (χ1) is 17.7. The second-order valence-corrected chi connectivity index (χ2v) is 9.41. The van der Waals surface area contributed by atoms with Gasteiger partial charge >= 0.3 is 0 Å². The molecule has 3 atom stereocenters. The second kappa shape index (κ2) is 9.60. The molecule has 0 amide bonds. The van der Waals surface area contributed by atoms with Crippen LogP contribution in [-0.2, 0) is 25.5 Å². The van der Waals surface area contributed by atoms with Crippen LogP contribution in [0.5, 0.6) is 0 Å². The van der Waals surface area contributed by atoms with Crippen molar-refractivity contribution in [1.82, 2.24) is 5.48 Å². The first-order valence-electron chi connectivity index (χ1n) is 12.3. The monoisotopic (exact) mass is 481 g/mol. The van der Waals surface area contributed by atoms with Crippen LogP contribution in [-0.4, -0.2) is 25.9 Å². The molecular weight excluding hydrogens is 453 g/mol. The van der Waals surface area contributed by atoms with E-state index in [1.807, 2.05) is 60.7 Å². The number of nitrogens with one attached hydrogen (secondary N) is 1. The van der Waals surface area contributed by atoms with Crippen LogP contribution in [0.25, 0.3) is 0 Å². The standard InChI is InChI=1S/C31H28FNO3/c32-28-19-11-10-18-26(28)30-22-34-29(27(30)20-36-33-30)21-35-31(23-12-4-1-5-13-23,24-14-6-2-7-15-24)25-16-8-3-9-17-25/h1-19,27,29,33H,20-22H2/t27?,29-,30?/m1/s1. The first kappa shape index (κ1) is 23.1. The Morgan fingerprint density at radius 2 is 1.31 bits per heavy atom. The van der Waals surface area contributed by atoms with Crippen LogP contribution in [0.1, 0.15) is 22.3 Å². The van der Waals surface area contributed by atoms with Crippen LogP contribution >= 0.6 is 0 Å². The molecule has 182 valence electrons. The predicted molar refractivity (Wildman–Crippen MR) is 136 cm³/mol. The number of halogens is 1. The molecular formula is C31H28FNO3. The number of hydrogen-bond acceptors (Lipinski definition) is 4. The molecule has 0 aliphatic carbocycles. The van der Waals surface area contributed by atoms with Gasteiger partial charge in [0.2, 0.25) is 0 Å². The van der Waals surface area contributed by atoms with E-state index in [0.717, 1.165) is 16.7 Å². The van der Waals surface area contributed by atoms with Gasteiger partial charge < -0.3 is 14.3 Å². The molecule has 4 nitrogen and oxygen atoms in total. The lowest BCUT2D eigenvalue weighted by Gasteiger charge is -2.37. The summed E-state index contributed by atoms with van der Waals surface area (Å²) in [4.78, 5) is 5.69. The summed E-state index contributed by atoms with van der Waals surface area (Å²) in [6.45, 7) is 1.03. The van der Waals surface area contributed by atoms with Crippen LogP contribution in [0.2, 0.25) is 0 Å². The van der Waals surface area contributed by atoms with E-state index in [-0.39, 0.29) is 17.8 Å². The van der Waals surface area contributed by atoms with Gasteiger partial charge in [0.15, 0.2) is 0 Å². The number of hydroxylamine groups is 1. The van der Waals surface area contributed by atoms with Crippen LogP contribution in [0, 0.1) is 11.7 Å². The molecule has 6 rings (SSSR count). The van der Waals surface area contributed by atoms with E-state index < -0.39 is 11.1 Å². The molecule has 5 heteroatoms. The van der Waals surface area contributed by atoms with Crippen molar-refractivity contribution in [3.8, 4) is 0 Å². The van der Waals surface area contributed by atoms with Gasteiger partial charge in [-0.2, -0.15) is 5.48 Å². The lowest BCUT2D eigenvalue weighted by atomic mass is 9.78. The number of ether oxygens (including phenoxy) is 2. The average Bonchev–Trinajstić information content (AvgIpc) is 3.52. The summed E-state index contributed by atoms with van der Waals surface area (Å²) < 4.78 is 28.1. The van der Waals surface area contributed by atoms with Gasteiger partial charge in [0.25, 0.3) is 0 Å². The molecule has 4 aromatic rings. The number of benzene rings is 4. The topological polar surface area (TPSA) is 39.7 Å². The van der Waals surface area contributed by atoms with Gasteiger partial charge in [0, 0.05) is 11.5 Å². The smallest absolute Gasteiger partial charge is 0.143 e. The van der Waals surface area contributed by atoms with Gasteiger partial charge in [-0.25, -0.2) is 4.39 Å². The van der Waals surface area contributed by atoms with Crippen molar-refractivity contribution in [2.45, 2.75) is 17.2 Å². The highest BCUT2D eigenvalue weighted by Crippen LogP contribution is 2.46. The van der Waals surface area contributed by atoms with Gasteiger partial charge in [-0.05, 0) is 22.8 Å². The number of rotatable bonds is 7. The SMILES string of the molecule is Fc1ccccc1C12CO[C@H](COC(c3ccccc3)(c3ccccc3)c3ccccc3)C1CON2. The molecule has 2 unspecified atom stereocenters. The Labute approximate surface area is 210 Å². The Balaban J connectivity index is 1.39. The van der Waals surface area contributed by atoms with Crippen molar-refractivity contribution in [3.63, 3.8) is 0 Å². The average molecular weight is 482 g/mol. The number of hydrogen-bond donors (Lipinski definition) is 1. The molecule has 0 bridgehead atoms. The van der Waals surface area contributed by atoms with Gasteiger partial charge in [0.05, 0.1) is 25.9 Å². The minimum atomic E-state index is -0.844. The van der Waals surface area contributed by atoms with Crippen LogP contribution < -0.4 is 5.48 Å². The molecule has 2 aliphatic heterocycles. The van der Waals surface area contributed by atoms with Crippen LogP contribution in [0.4, 0.5) is 4.39 Å². The van der Waals surface area contributed by atoms with Gasteiger partial charge in [-0.3, -0.25) is 0 Å². The first-order valence-corrected chi connectivity index (χ1v) is 12.3. The summed E-state index contributed by atoms with van der Waals surface area (Å²) in [5.41, 5.74) is 5.16. The molecule has 2 fully saturated rings. The maximum atomic E-state index is 14.9. The van der Waals surface area contributed by atoms with Crippen molar-refractivity contribution < 1.29 is 18.7 Å². The minimum absolute atomic E-state index is 0.102. The molecule has 36 heavy (non-hydrogen) atoms. The fourth-order valence-corrected chi connectivity index (χ4v) is 5.69. The third-order valence-electron chi connectivity index (χ3n) is 7.48. The Kier molecular flexibility index (Phi) is 6.15. The Morgan fingerprint density at radius 1 is 0.778 bits per heavy atom. The molecule has 0 aromatic heterocycles. The fraction of sp³-hybridized carbons (Fsp3) is 0.226. The van der Waals surface area contributed by atoms with Gasteiger partial charge in [-0.1, -0.05) is 109 Å². The lowest BCUT2D eigenvalue weighted by Crippen LogP contribution is -2.44. The van der Waals surface area contributed by atoms with Crippen molar-refractivity contribution in [1.29, 1.82) is 0 Å². The minimum Gasteiger partial charge on any atom is -0.373 e. The van der Waals surface area contributed by atoms with Crippen molar-refractivity contribution in [3.05, 3.63) is 143 Å². The highest BCUT2D eigenvalue weighted by molar-refractivity contribution is 5.47. The summed E-state index contributed by atoms with van der Waals surface area (Å²) in [6, 6.07) is 37.6. The highest BCUT2D eigenvalue weighted by Gasteiger charge is 2.56. The normalized spacial score (nSPS) is 23.5. The third-order valence-corrected chi connectivity index (χ3v) is 7.48. The molecule has 0 radical (unpaired) electrons. The molecule has 1 N–H and O–H groups in total. The Morgan fingerprint density at radius 3 is 1.86 bits per heavy atom. The molecule has 0 spiro atoms. The highest BCUT2D eigenvalue weighted by atomic mass is 19.1. The molecule has 2 heterocycles. The molecule has 0 saturated carbocycles. The third kappa shape index (κ3) is 3.76. The fourth-order valence-electron chi connectivity index (χ4n) is 5.69. The molecule has 2 saturated heterocycles. The van der Waals surface area contributed by atoms with Crippen molar-refractivity contribution >= 4 is 0 Å². The number of fused-ring (bicyclic) bond motifs is 1. The van der Waals surface area contributed by atoms with Crippen molar-refractivity contribution in [2.24, 2.45) is 5.92 Å². The van der Waals surface area contributed by atoms with E-state index >= 15 is 0 Å². The summed E-state index contributed by atoms with van der Waals surface area (Å²) in [5.74, 6) is -0.368. The van der Waals surface area contributed by atoms with E-state index in [1.54, 1.807) is 12.1 Å². The molecule has 2 aliphatic rings. The van der Waals surface area contributed by atoms with Gasteiger partial charge in [0.1, 0.15) is 17.0 Å². The maximum absolute atomic E-state index is 14.9. The van der Waals surface area contributed by atoms with Crippen LogP contribution in [0.15, 0.2) is 115 Å². The van der Waals surface area contributed by atoms with E-state index in [4.69, 9.17) is 14.3 Å². The zero-order valence-electron chi connectivity index (χ0n) is 19.8. The van der Waals surface area contributed by atoms with E-state index in [0.29, 0.717) is 25.4 Å². The summed E-state index contributed by atoms with van der Waals surface area (Å²) in [5, 5.41) is 0. The van der Waals surface area contributed by atoms with Crippen LogP contribution in [0.3, 0.4) is 0 Å². The summed E-state index contributed by atoms with van der Waals surface area (Å²) >= 11 is 0. The quantitative estimate of drug-likeness (QED) is 0.350. The molecule has 4 aromatic carbocycles. The summed E-state index contributed by atoms with van der Waals surface area (Å²) in [7, 11) is 0. The van der Waals surface area contributed by atoms with Crippen molar-refractivity contribution in [2.75, 3.05) is 19.8 Å². The van der Waals surface area contributed by atoms with E-state index in [2.05, 4.69) is 41.9 Å². The Bertz CT molecular complexity index is 1200. The van der Waals surface area contributed by atoms with E-state index in [9.17, 15) is 4.39 Å². The Hall–Kier alpha value is -3.35. The summed E-state index contributed by atoms with van der Waals surface area (Å²) in [6.07, 6.45) is -0.282. The van der Waals surface area contributed by atoms with Gasteiger partial charge in [-0.15, -0.1) is 0 Å². The lowest BCUT2D eigenvalue weighted by molar-refractivity contribution is -0.0670. The zero-order valence-corrected chi connectivity index (χ0v) is 19.8. The zero-order chi connectivity index (χ0) is 24.4. The maximum Gasteiger partial charge on any atom is 0.143 e. The largest absolute Gasteiger partial charge is 0.373 e. The second-order valence-electron chi connectivity index (χ2n) is 9.41. The van der Waals surface area contributed by atoms with E-state index in [1.165, 1.54) is 6.07 Å².